The van der Waals surface area contributed by atoms with Crippen molar-refractivity contribution in [2.45, 2.75) is 38.5 Å². The number of anilines is 1. The third-order valence-corrected chi connectivity index (χ3v) is 8.04. The number of pyridine rings is 1. The second-order valence-electron chi connectivity index (χ2n) is 10.4. The van der Waals surface area contributed by atoms with Crippen molar-refractivity contribution in [3.63, 3.8) is 0 Å². The molecule has 36 heavy (non-hydrogen) atoms. The minimum absolute atomic E-state index is 0.0479. The molecule has 4 N–H and O–H groups in total. The van der Waals surface area contributed by atoms with Gasteiger partial charge in [-0.1, -0.05) is 24.6 Å². The summed E-state index contributed by atoms with van der Waals surface area (Å²) in [6.45, 7) is 6.62. The van der Waals surface area contributed by atoms with E-state index in [0.717, 1.165) is 95.0 Å². The molecule has 0 spiro atoms. The summed E-state index contributed by atoms with van der Waals surface area (Å²) in [5, 5.41) is 20.9. The van der Waals surface area contributed by atoms with E-state index in [1.54, 1.807) is 6.07 Å². The average molecular weight is 493 g/mol. The van der Waals surface area contributed by atoms with Crippen LogP contribution in [0.2, 0.25) is 0 Å². The molecule has 0 bridgehead atoms. The highest BCUT2D eigenvalue weighted by Crippen LogP contribution is 2.37. The first-order chi connectivity index (χ1) is 17.6. The predicted octanol–water partition coefficient (Wildman–Crippen LogP) is 3.41. The van der Waals surface area contributed by atoms with Crippen molar-refractivity contribution in [2.24, 2.45) is 11.8 Å². The maximum atomic E-state index is 12.0. The van der Waals surface area contributed by atoms with E-state index in [9.17, 15) is 9.90 Å². The summed E-state index contributed by atoms with van der Waals surface area (Å²) < 4.78 is 5.47. The molecule has 0 unspecified atom stereocenters. The summed E-state index contributed by atoms with van der Waals surface area (Å²) in [5.41, 5.74) is 3.31. The number of nitrogens with one attached hydrogen (secondary N) is 1. The van der Waals surface area contributed by atoms with Gasteiger partial charge in [0.2, 0.25) is 5.82 Å². The maximum absolute atomic E-state index is 12.0. The van der Waals surface area contributed by atoms with Crippen LogP contribution in [0.1, 0.15) is 54.6 Å². The Morgan fingerprint density at radius 2 is 1.81 bits per heavy atom. The van der Waals surface area contributed by atoms with Gasteiger partial charge in [0.25, 0.3) is 0 Å². The average Bonchev–Trinajstić information content (AvgIpc) is 2.87. The van der Waals surface area contributed by atoms with Crippen LogP contribution in [-0.4, -0.2) is 72.6 Å². The zero-order valence-corrected chi connectivity index (χ0v) is 21.0. The van der Waals surface area contributed by atoms with E-state index in [0.29, 0.717) is 17.4 Å². The maximum Gasteiger partial charge on any atom is 0.354 e. The van der Waals surface area contributed by atoms with E-state index in [2.05, 4.69) is 14.8 Å². The summed E-state index contributed by atoms with van der Waals surface area (Å²) in [6, 6.07) is 11.6. The first-order valence-electron chi connectivity index (χ1n) is 13.4. The van der Waals surface area contributed by atoms with Gasteiger partial charge in [-0.2, -0.15) is 4.98 Å². The van der Waals surface area contributed by atoms with Gasteiger partial charge in [-0.25, -0.2) is 4.79 Å². The van der Waals surface area contributed by atoms with Gasteiger partial charge in [-0.15, -0.1) is 0 Å². The Bertz CT molecular complexity index is 1060. The Labute approximate surface area is 213 Å². The van der Waals surface area contributed by atoms with E-state index >= 15 is 0 Å². The van der Waals surface area contributed by atoms with Crippen LogP contribution in [0.3, 0.4) is 0 Å². The van der Waals surface area contributed by atoms with Gasteiger partial charge in [0.05, 0.1) is 24.6 Å². The number of rotatable bonds is 9. The zero-order chi connectivity index (χ0) is 24.9. The van der Waals surface area contributed by atoms with E-state index in [1.807, 2.05) is 35.6 Å². The van der Waals surface area contributed by atoms with Gasteiger partial charge in [0.1, 0.15) is 11.3 Å². The molecular formula is C28H38N5O3+. The lowest BCUT2D eigenvalue weighted by Gasteiger charge is -2.37. The van der Waals surface area contributed by atoms with E-state index in [4.69, 9.17) is 10.1 Å². The number of hydrogen-bond donors (Lipinski definition) is 3. The molecule has 2 aliphatic heterocycles. The zero-order valence-electron chi connectivity index (χ0n) is 21.0. The fourth-order valence-corrected chi connectivity index (χ4v) is 5.55. The highest BCUT2D eigenvalue weighted by Gasteiger charge is 2.33. The highest BCUT2D eigenvalue weighted by molar-refractivity contribution is 6.08. The number of carboxylic acids is 1. The summed E-state index contributed by atoms with van der Waals surface area (Å²) in [7, 11) is 0. The van der Waals surface area contributed by atoms with Crippen molar-refractivity contribution in [1.29, 1.82) is 5.41 Å². The SMILES string of the molecule is N=C(c1c(N2CCC(CCN3CCOCC3)CC2)cc(C(=O)O)nc1[NH2+]c1ccccc1)C1CCC1. The Balaban J connectivity index is 1.38. The van der Waals surface area contributed by atoms with Crippen LogP contribution in [0.15, 0.2) is 36.4 Å². The van der Waals surface area contributed by atoms with Gasteiger partial charge in [-0.3, -0.25) is 10.2 Å². The van der Waals surface area contributed by atoms with Crippen LogP contribution in [0, 0.1) is 17.2 Å². The van der Waals surface area contributed by atoms with Gasteiger partial charge < -0.3 is 20.2 Å². The fourth-order valence-electron chi connectivity index (χ4n) is 5.55. The van der Waals surface area contributed by atoms with Crippen molar-refractivity contribution in [1.82, 2.24) is 9.88 Å². The number of nitrogens with zero attached hydrogens (tertiary/aromatic N) is 3. The van der Waals surface area contributed by atoms with Crippen molar-refractivity contribution < 1.29 is 20.0 Å². The molecule has 0 amide bonds. The Hall–Kier alpha value is -2.81. The molecule has 0 atom stereocenters. The molecule has 2 saturated heterocycles. The van der Waals surface area contributed by atoms with Crippen LogP contribution in [-0.2, 0) is 4.74 Å². The summed E-state index contributed by atoms with van der Waals surface area (Å²) >= 11 is 0. The van der Waals surface area contributed by atoms with E-state index in [-0.39, 0.29) is 11.6 Å². The van der Waals surface area contributed by atoms with Gasteiger partial charge >= 0.3 is 5.97 Å². The molecule has 1 aromatic heterocycles. The summed E-state index contributed by atoms with van der Waals surface area (Å²) in [6.07, 6.45) is 6.56. The second kappa shape index (κ2) is 11.5. The van der Waals surface area contributed by atoms with Crippen LogP contribution < -0.4 is 10.2 Å². The van der Waals surface area contributed by atoms with Gasteiger partial charge in [0, 0.05) is 32.1 Å². The fraction of sp³-hybridized carbons (Fsp3) is 0.536. The molecule has 1 saturated carbocycles. The number of carbonyl (C=O) groups is 1. The lowest BCUT2D eigenvalue weighted by molar-refractivity contribution is -0.483. The Morgan fingerprint density at radius 1 is 1.08 bits per heavy atom. The number of nitrogens with two attached hydrogens (primary N) is 1. The molecule has 3 heterocycles. The van der Waals surface area contributed by atoms with Crippen molar-refractivity contribution in [3.05, 3.63) is 47.7 Å². The number of hydrogen-bond acceptors (Lipinski definition) is 6. The molecule has 8 nitrogen and oxygen atoms in total. The van der Waals surface area contributed by atoms with Crippen LogP contribution in [0.4, 0.5) is 17.2 Å². The van der Waals surface area contributed by atoms with Crippen LogP contribution >= 0.6 is 0 Å². The lowest BCUT2D eigenvalue weighted by atomic mass is 9.78. The number of morpholine rings is 1. The topological polar surface area (TPSA) is 106 Å². The normalized spacial score (nSPS) is 19.7. The third-order valence-electron chi connectivity index (χ3n) is 8.04. The molecular weight excluding hydrogens is 454 g/mol. The number of carboxylic acid groups (broad SMARTS) is 1. The van der Waals surface area contributed by atoms with E-state index in [1.165, 1.54) is 6.42 Å². The number of quaternary nitrogens is 1. The lowest BCUT2D eigenvalue weighted by Crippen LogP contribution is -2.72. The standard InChI is InChI=1S/C28H37N5O3/c29-26(21-5-4-6-21)25-24(19-23(28(34)35)31-27(25)30-22-7-2-1-3-8-22)33-13-10-20(11-14-33)9-12-32-15-17-36-18-16-32/h1-3,7-8,19-21,29H,4-6,9-18H2,(H,30,31)(H,34,35)/p+1. The molecule has 2 aromatic rings. The van der Waals surface area contributed by atoms with E-state index < -0.39 is 5.97 Å². The molecule has 192 valence electrons. The number of benzene rings is 1. The van der Waals surface area contributed by atoms with Gasteiger partial charge in [-0.05, 0) is 62.8 Å². The number of para-hydroxylation sites is 1. The van der Waals surface area contributed by atoms with Crippen LogP contribution in [0.5, 0.6) is 0 Å². The largest absolute Gasteiger partial charge is 0.477 e. The number of aromatic carboxylic acids is 1. The molecule has 5 rings (SSSR count). The number of aromatic nitrogens is 1. The Morgan fingerprint density at radius 3 is 2.44 bits per heavy atom. The van der Waals surface area contributed by atoms with Crippen molar-refractivity contribution >= 4 is 28.9 Å². The number of piperidine rings is 1. The van der Waals surface area contributed by atoms with Crippen molar-refractivity contribution in [2.75, 3.05) is 50.8 Å². The quantitative estimate of drug-likeness (QED) is 0.366. The second-order valence-corrected chi connectivity index (χ2v) is 10.4. The minimum atomic E-state index is -1.03. The molecule has 0 radical (unpaired) electrons. The van der Waals surface area contributed by atoms with Crippen molar-refractivity contribution in [3.8, 4) is 0 Å². The molecule has 1 aliphatic carbocycles. The predicted molar refractivity (Wildman–Crippen MR) is 140 cm³/mol. The first kappa shape index (κ1) is 24.9. The number of ether oxygens (including phenoxy) is 1. The van der Waals surface area contributed by atoms with Gasteiger partial charge in [0.15, 0.2) is 5.69 Å². The third kappa shape index (κ3) is 5.77. The minimum Gasteiger partial charge on any atom is -0.477 e. The molecule has 1 aromatic carbocycles. The Kier molecular flexibility index (Phi) is 7.94. The molecule has 8 heteroatoms. The smallest absolute Gasteiger partial charge is 0.354 e. The summed E-state index contributed by atoms with van der Waals surface area (Å²) in [4.78, 5) is 21.4. The monoisotopic (exact) mass is 492 g/mol. The molecule has 3 aliphatic rings. The molecule has 3 fully saturated rings. The first-order valence-corrected chi connectivity index (χ1v) is 13.4. The van der Waals surface area contributed by atoms with Crippen LogP contribution in [0.25, 0.3) is 0 Å². The summed E-state index contributed by atoms with van der Waals surface area (Å²) in [5.74, 6) is 0.480. The highest BCUT2D eigenvalue weighted by atomic mass is 16.5.